The first-order chi connectivity index (χ1) is 14.5. The molecule has 3 saturated heterocycles. The summed E-state index contributed by atoms with van der Waals surface area (Å²) in [6, 6.07) is 7.48. The van der Waals surface area contributed by atoms with E-state index in [2.05, 4.69) is 15.5 Å². The van der Waals surface area contributed by atoms with Gasteiger partial charge in [-0.3, -0.25) is 0 Å². The van der Waals surface area contributed by atoms with Crippen LogP contribution in [-0.4, -0.2) is 81.6 Å². The van der Waals surface area contributed by atoms with Crippen molar-refractivity contribution in [3.63, 3.8) is 0 Å². The molecule has 2 bridgehead atoms. The molecular formula is C21H34IN5O3S. The monoisotopic (exact) mass is 563 g/mol. The van der Waals surface area contributed by atoms with Crippen LogP contribution in [0.25, 0.3) is 0 Å². The summed E-state index contributed by atoms with van der Waals surface area (Å²) in [5.74, 6) is 0.713. The van der Waals surface area contributed by atoms with Gasteiger partial charge in [0.05, 0.1) is 29.7 Å². The number of hydrogen-bond acceptors (Lipinski definition) is 5. The molecule has 2 N–H and O–H groups in total. The molecule has 3 aliphatic heterocycles. The molecule has 1 aromatic carbocycles. The van der Waals surface area contributed by atoms with Crippen LogP contribution in [0.3, 0.4) is 0 Å². The molecule has 174 valence electrons. The minimum Gasteiger partial charge on any atom is -0.373 e. The summed E-state index contributed by atoms with van der Waals surface area (Å²) >= 11 is 0. The first kappa shape index (κ1) is 24.7. The van der Waals surface area contributed by atoms with Crippen molar-refractivity contribution < 1.29 is 13.2 Å². The van der Waals surface area contributed by atoms with Crippen molar-refractivity contribution in [2.45, 2.75) is 55.9 Å². The Morgan fingerprint density at radius 1 is 1.19 bits per heavy atom. The fraction of sp³-hybridized carbons (Fsp3) is 0.667. The molecule has 10 heteroatoms. The maximum Gasteiger partial charge on any atom is 0.243 e. The normalized spacial score (nSPS) is 27.2. The topological polar surface area (TPSA) is 86.3 Å². The van der Waals surface area contributed by atoms with Crippen LogP contribution in [0.15, 0.2) is 34.2 Å². The van der Waals surface area contributed by atoms with Crippen LogP contribution in [0.1, 0.15) is 31.7 Å². The van der Waals surface area contributed by atoms with Gasteiger partial charge in [-0.05, 0) is 44.9 Å². The van der Waals surface area contributed by atoms with Gasteiger partial charge in [-0.15, -0.1) is 24.0 Å². The summed E-state index contributed by atoms with van der Waals surface area (Å²) in [6.45, 7) is 5.62. The molecular weight excluding hydrogens is 529 g/mol. The van der Waals surface area contributed by atoms with Crippen LogP contribution in [0, 0.1) is 0 Å². The van der Waals surface area contributed by atoms with Crippen LogP contribution < -0.4 is 10.6 Å². The Kier molecular flexibility index (Phi) is 8.58. The summed E-state index contributed by atoms with van der Waals surface area (Å²) in [4.78, 5) is 7.22. The van der Waals surface area contributed by atoms with Gasteiger partial charge in [0, 0.05) is 32.7 Å². The van der Waals surface area contributed by atoms with Crippen LogP contribution >= 0.6 is 24.0 Å². The van der Waals surface area contributed by atoms with Crippen molar-refractivity contribution in [1.82, 2.24) is 19.8 Å². The number of nitrogens with one attached hydrogen (secondary N) is 2. The van der Waals surface area contributed by atoms with Gasteiger partial charge in [-0.1, -0.05) is 18.2 Å². The number of nitrogens with zero attached hydrogens (tertiary/aromatic N) is 3. The van der Waals surface area contributed by atoms with E-state index in [1.165, 1.54) is 0 Å². The van der Waals surface area contributed by atoms with Crippen molar-refractivity contribution >= 4 is 40.0 Å². The Labute approximate surface area is 202 Å². The predicted molar refractivity (Wildman–Crippen MR) is 132 cm³/mol. The molecule has 0 saturated carbocycles. The summed E-state index contributed by atoms with van der Waals surface area (Å²) in [5.41, 5.74) is 0.720. The molecule has 0 aliphatic carbocycles. The van der Waals surface area contributed by atoms with Crippen LogP contribution in [0.5, 0.6) is 0 Å². The zero-order valence-corrected chi connectivity index (χ0v) is 21.4. The molecule has 4 rings (SSSR count). The first-order valence-electron chi connectivity index (χ1n) is 10.9. The van der Waals surface area contributed by atoms with Gasteiger partial charge in [-0.2, -0.15) is 4.31 Å². The second-order valence-electron chi connectivity index (χ2n) is 8.37. The van der Waals surface area contributed by atoms with E-state index < -0.39 is 10.0 Å². The number of hydrogen-bond donors (Lipinski definition) is 2. The number of halogens is 1. The van der Waals surface area contributed by atoms with Gasteiger partial charge in [0.2, 0.25) is 10.0 Å². The average Bonchev–Trinajstić information content (AvgIpc) is 3.36. The van der Waals surface area contributed by atoms with E-state index in [1.54, 1.807) is 16.4 Å². The number of benzene rings is 1. The van der Waals surface area contributed by atoms with E-state index in [0.717, 1.165) is 44.5 Å². The Morgan fingerprint density at radius 3 is 2.58 bits per heavy atom. The summed E-state index contributed by atoms with van der Waals surface area (Å²) in [5, 5.41) is 6.78. The quantitative estimate of drug-likeness (QED) is 0.311. The van der Waals surface area contributed by atoms with E-state index in [-0.39, 0.29) is 36.1 Å². The molecule has 0 amide bonds. The molecule has 3 heterocycles. The van der Waals surface area contributed by atoms with E-state index in [0.29, 0.717) is 36.6 Å². The Balaban J connectivity index is 0.00000272. The highest BCUT2D eigenvalue weighted by Gasteiger charge is 2.41. The highest BCUT2D eigenvalue weighted by atomic mass is 127. The van der Waals surface area contributed by atoms with E-state index in [4.69, 9.17) is 9.73 Å². The molecule has 0 spiro atoms. The van der Waals surface area contributed by atoms with Gasteiger partial charge in [0.1, 0.15) is 0 Å². The molecule has 31 heavy (non-hydrogen) atoms. The smallest absolute Gasteiger partial charge is 0.243 e. The van der Waals surface area contributed by atoms with Gasteiger partial charge in [0.15, 0.2) is 5.96 Å². The van der Waals surface area contributed by atoms with Crippen LogP contribution in [-0.2, 0) is 21.3 Å². The molecule has 1 aromatic rings. The average molecular weight is 564 g/mol. The predicted octanol–water partition coefficient (Wildman–Crippen LogP) is 1.62. The molecule has 3 unspecified atom stereocenters. The Morgan fingerprint density at radius 2 is 1.94 bits per heavy atom. The Hall–Kier alpha value is -0.950. The lowest BCUT2D eigenvalue weighted by molar-refractivity contribution is 0.0992. The maximum atomic E-state index is 13.3. The lowest BCUT2D eigenvalue weighted by atomic mass is 9.96. The zero-order chi connectivity index (χ0) is 21.1. The molecule has 0 radical (unpaired) electrons. The molecule has 3 aliphatic rings. The third-order valence-electron chi connectivity index (χ3n) is 6.23. The number of fused-ring (bicyclic) bond motifs is 2. The highest BCUT2D eigenvalue weighted by molar-refractivity contribution is 14.0. The summed E-state index contributed by atoms with van der Waals surface area (Å²) in [6.07, 6.45) is 3.86. The molecule has 8 nitrogen and oxygen atoms in total. The second kappa shape index (κ2) is 10.8. The third-order valence-corrected chi connectivity index (χ3v) is 8.23. The SMILES string of the molecule is CCNC(=NCc1ccccc1S(=O)(=O)N1CCN(C)CC1)NC1CC2CCC1O2.I. The number of ether oxygens (including phenoxy) is 1. The van der Waals surface area contributed by atoms with Crippen molar-refractivity contribution in [3.05, 3.63) is 29.8 Å². The first-order valence-corrected chi connectivity index (χ1v) is 12.4. The highest BCUT2D eigenvalue weighted by Crippen LogP contribution is 2.34. The summed E-state index contributed by atoms with van der Waals surface area (Å²) in [7, 11) is -1.51. The van der Waals surface area contributed by atoms with Gasteiger partial charge < -0.3 is 20.3 Å². The number of aliphatic imine (C=N–C) groups is 1. The Bertz CT molecular complexity index is 874. The lowest BCUT2D eigenvalue weighted by Gasteiger charge is -2.32. The minimum atomic E-state index is -3.53. The molecule has 3 fully saturated rings. The second-order valence-corrected chi connectivity index (χ2v) is 10.3. The van der Waals surface area contributed by atoms with Gasteiger partial charge in [-0.25, -0.2) is 13.4 Å². The molecule has 0 aromatic heterocycles. The lowest BCUT2D eigenvalue weighted by Crippen LogP contribution is -2.47. The van der Waals surface area contributed by atoms with Crippen LogP contribution in [0.2, 0.25) is 0 Å². The fourth-order valence-corrected chi connectivity index (χ4v) is 6.14. The maximum absolute atomic E-state index is 13.3. The number of likely N-dealkylation sites (N-methyl/N-ethyl adjacent to an activating group) is 1. The largest absolute Gasteiger partial charge is 0.373 e. The fourth-order valence-electron chi connectivity index (χ4n) is 4.50. The number of piperazine rings is 1. The molecule has 3 atom stereocenters. The van der Waals surface area contributed by atoms with Crippen LogP contribution in [0.4, 0.5) is 0 Å². The third kappa shape index (κ3) is 5.70. The summed E-state index contributed by atoms with van der Waals surface area (Å²) < 4.78 is 34.0. The van der Waals surface area contributed by atoms with E-state index in [9.17, 15) is 8.42 Å². The van der Waals surface area contributed by atoms with Crippen molar-refractivity contribution in [2.24, 2.45) is 4.99 Å². The zero-order valence-electron chi connectivity index (χ0n) is 18.3. The van der Waals surface area contributed by atoms with Gasteiger partial charge >= 0.3 is 0 Å². The standard InChI is InChI=1S/C21H33N5O3S.HI/c1-3-22-21(24-18-14-17-8-9-19(18)29-17)23-15-16-6-4-5-7-20(16)30(27,28)26-12-10-25(2)11-13-26;/h4-7,17-19H,3,8-15H2,1-2H3,(H2,22,23,24);1H. The van der Waals surface area contributed by atoms with Crippen molar-refractivity contribution in [1.29, 1.82) is 0 Å². The minimum absolute atomic E-state index is 0. The number of guanidine groups is 1. The number of sulfonamides is 1. The number of rotatable bonds is 6. The van der Waals surface area contributed by atoms with E-state index >= 15 is 0 Å². The van der Waals surface area contributed by atoms with Gasteiger partial charge in [0.25, 0.3) is 0 Å². The van der Waals surface area contributed by atoms with Crippen molar-refractivity contribution in [3.8, 4) is 0 Å². The van der Waals surface area contributed by atoms with E-state index in [1.807, 2.05) is 26.1 Å². The van der Waals surface area contributed by atoms with Crippen molar-refractivity contribution in [2.75, 3.05) is 39.8 Å².